The van der Waals surface area contributed by atoms with E-state index in [4.69, 9.17) is 16.3 Å². The zero-order chi connectivity index (χ0) is 18.1. The van der Waals surface area contributed by atoms with E-state index in [0.29, 0.717) is 6.61 Å². The van der Waals surface area contributed by atoms with Gasteiger partial charge < -0.3 is 21.1 Å². The first-order valence-electron chi connectivity index (χ1n) is 6.72. The zero-order valence-corrected chi connectivity index (χ0v) is 13.4. The van der Waals surface area contributed by atoms with Gasteiger partial charge in [0.1, 0.15) is 6.61 Å². The molecule has 0 aliphatic heterocycles. The molecule has 0 saturated carbocycles. The van der Waals surface area contributed by atoms with Crippen molar-refractivity contribution < 1.29 is 22.8 Å². The highest BCUT2D eigenvalue weighted by Gasteiger charge is 2.03. The van der Waals surface area contributed by atoms with E-state index in [1.165, 1.54) is 12.4 Å². The number of halogens is 3. The van der Waals surface area contributed by atoms with Gasteiger partial charge in [-0.1, -0.05) is 16.2 Å². The molecule has 2 unspecified atom stereocenters. The molecule has 0 aliphatic rings. The van der Waals surface area contributed by atoms with E-state index < -0.39 is 18.3 Å². The van der Waals surface area contributed by atoms with Gasteiger partial charge in [-0.2, -0.15) is 8.78 Å². The van der Waals surface area contributed by atoms with Gasteiger partial charge in [0.2, 0.25) is 0 Å². The molecule has 9 heteroatoms. The Labute approximate surface area is 134 Å². The summed E-state index contributed by atoms with van der Waals surface area (Å²) in [5.74, 6) is 3.89. The third-order valence-corrected chi connectivity index (χ3v) is 1.67. The highest BCUT2D eigenvalue weighted by molar-refractivity contribution is 5.62. The number of hydrogen-bond acceptors (Lipinski definition) is 6. The predicted octanol–water partition coefficient (Wildman–Crippen LogP) is 2.16. The Kier molecular flexibility index (Phi) is 16.5. The predicted molar refractivity (Wildman–Crippen MR) is 84.6 cm³/mol. The van der Waals surface area contributed by atoms with Crippen LogP contribution in [0.1, 0.15) is 27.2 Å². The van der Waals surface area contributed by atoms with Gasteiger partial charge >= 0.3 is 6.08 Å². The maximum Gasteiger partial charge on any atom is 0.301 e. The van der Waals surface area contributed by atoms with Gasteiger partial charge in [0.15, 0.2) is 12.4 Å². The van der Waals surface area contributed by atoms with Gasteiger partial charge in [-0.3, -0.25) is 0 Å². The van der Waals surface area contributed by atoms with Crippen LogP contribution in [0.25, 0.3) is 0 Å². The molecule has 23 heavy (non-hydrogen) atoms. The van der Waals surface area contributed by atoms with Crippen LogP contribution in [0, 0.1) is 11.8 Å². The highest BCUT2D eigenvalue weighted by Crippen LogP contribution is 2.12. The number of nitrogens with zero attached hydrogens (tertiary/aromatic N) is 2. The summed E-state index contributed by atoms with van der Waals surface area (Å²) in [5, 5.41) is 6.87. The largest absolute Gasteiger partial charge is 0.396 e. The lowest BCUT2D eigenvalue weighted by Gasteiger charge is -1.97. The molecule has 0 aromatic heterocycles. The smallest absolute Gasteiger partial charge is 0.301 e. The Bertz CT molecular complexity index is 437. The van der Waals surface area contributed by atoms with Crippen molar-refractivity contribution in [3.63, 3.8) is 0 Å². The molecule has 0 bridgehead atoms. The first kappa shape index (κ1) is 23.2. The summed E-state index contributed by atoms with van der Waals surface area (Å²) in [5.41, 5.74) is 10.6. The fourth-order valence-corrected chi connectivity index (χ4v) is 0.702. The normalized spacial score (nSPS) is 12.7. The fourth-order valence-electron chi connectivity index (χ4n) is 0.702. The summed E-state index contributed by atoms with van der Waals surface area (Å²) in [6.07, 6.45) is 0.00315. The van der Waals surface area contributed by atoms with Gasteiger partial charge in [0, 0.05) is 18.5 Å². The van der Waals surface area contributed by atoms with Crippen molar-refractivity contribution in [2.45, 2.75) is 39.3 Å². The summed E-state index contributed by atoms with van der Waals surface area (Å²) in [4.78, 5) is 9.15. The van der Waals surface area contributed by atoms with Crippen LogP contribution >= 0.6 is 0 Å². The molecule has 132 valence electrons. The Morgan fingerprint density at radius 3 is 2.04 bits per heavy atom. The topological polar surface area (TPSA) is 95.2 Å². The molecule has 2 atom stereocenters. The standard InChI is InChI=1S/C7H11F3N2O.C7H12N2O/c1-5(11)4-12-13-3-2-6(8)7(9)10;1-3-4-5-10-9-6-7(2)8/h4-5H,2-3,11H2,1H3;6-7H,5,8H2,1-2H3/b12-4+;9-6+. The average Bonchev–Trinajstić information content (AvgIpc) is 2.46. The molecule has 0 saturated heterocycles. The van der Waals surface area contributed by atoms with E-state index in [1.54, 1.807) is 13.8 Å². The maximum atomic E-state index is 12.1. The van der Waals surface area contributed by atoms with Crippen LogP contribution < -0.4 is 11.5 Å². The molecule has 0 amide bonds. The Hall–Kier alpha value is -2.05. The highest BCUT2D eigenvalue weighted by atomic mass is 19.3. The second-order valence-electron chi connectivity index (χ2n) is 4.18. The minimum absolute atomic E-state index is 0.0606. The van der Waals surface area contributed by atoms with Crippen LogP contribution in [0.4, 0.5) is 13.2 Å². The van der Waals surface area contributed by atoms with Crippen LogP contribution in [0.3, 0.4) is 0 Å². The molecule has 0 spiro atoms. The van der Waals surface area contributed by atoms with Crippen molar-refractivity contribution >= 4 is 12.4 Å². The summed E-state index contributed by atoms with van der Waals surface area (Å²) in [6.45, 7) is 5.33. The average molecular weight is 336 g/mol. The van der Waals surface area contributed by atoms with Crippen LogP contribution in [-0.4, -0.2) is 37.7 Å². The molecule has 0 radical (unpaired) electrons. The van der Waals surface area contributed by atoms with Gasteiger partial charge in [0.25, 0.3) is 0 Å². The lowest BCUT2D eigenvalue weighted by molar-refractivity contribution is 0.142. The van der Waals surface area contributed by atoms with Gasteiger partial charge in [-0.05, 0) is 20.8 Å². The molecular weight excluding hydrogens is 313 g/mol. The molecule has 0 aromatic rings. The van der Waals surface area contributed by atoms with Crippen molar-refractivity contribution in [2.24, 2.45) is 21.8 Å². The Balaban J connectivity index is 0. The number of hydrogen-bond donors (Lipinski definition) is 2. The summed E-state index contributed by atoms with van der Waals surface area (Å²) >= 11 is 0. The van der Waals surface area contributed by atoms with E-state index in [9.17, 15) is 13.2 Å². The van der Waals surface area contributed by atoms with E-state index in [1.807, 2.05) is 6.92 Å². The van der Waals surface area contributed by atoms with Gasteiger partial charge in [-0.15, -0.1) is 5.92 Å². The first-order chi connectivity index (χ1) is 10.8. The number of rotatable bonds is 8. The van der Waals surface area contributed by atoms with E-state index in [0.717, 1.165) is 0 Å². The van der Waals surface area contributed by atoms with Crippen molar-refractivity contribution in [1.29, 1.82) is 0 Å². The quantitative estimate of drug-likeness (QED) is 0.307. The fraction of sp³-hybridized carbons (Fsp3) is 0.571. The third-order valence-electron chi connectivity index (χ3n) is 1.67. The van der Waals surface area contributed by atoms with Gasteiger partial charge in [0.05, 0.1) is 12.4 Å². The first-order valence-corrected chi connectivity index (χ1v) is 6.72. The summed E-state index contributed by atoms with van der Waals surface area (Å²) in [6, 6.07) is -0.340. The number of nitrogens with two attached hydrogens (primary N) is 2. The molecule has 6 nitrogen and oxygen atoms in total. The van der Waals surface area contributed by atoms with Crippen molar-refractivity contribution in [2.75, 3.05) is 13.2 Å². The van der Waals surface area contributed by atoms with Crippen LogP contribution in [0.15, 0.2) is 22.2 Å². The second kappa shape index (κ2) is 16.3. The van der Waals surface area contributed by atoms with Gasteiger partial charge in [-0.25, -0.2) is 4.39 Å². The van der Waals surface area contributed by atoms with Crippen molar-refractivity contribution in [1.82, 2.24) is 0 Å². The molecule has 4 N–H and O–H groups in total. The Morgan fingerprint density at radius 1 is 1.09 bits per heavy atom. The molecule has 0 rings (SSSR count). The molecule has 0 aromatic carbocycles. The minimum atomic E-state index is -2.32. The minimum Gasteiger partial charge on any atom is -0.396 e. The van der Waals surface area contributed by atoms with Crippen LogP contribution in [0.2, 0.25) is 0 Å². The Morgan fingerprint density at radius 2 is 1.61 bits per heavy atom. The zero-order valence-electron chi connectivity index (χ0n) is 13.4. The van der Waals surface area contributed by atoms with Crippen molar-refractivity contribution in [3.05, 3.63) is 11.9 Å². The maximum absolute atomic E-state index is 12.1. The molecular formula is C14H23F3N4O2. The lowest BCUT2D eigenvalue weighted by Crippen LogP contribution is -2.16. The van der Waals surface area contributed by atoms with Crippen molar-refractivity contribution in [3.8, 4) is 11.8 Å². The summed E-state index contributed by atoms with van der Waals surface area (Å²) < 4.78 is 35.0. The van der Waals surface area contributed by atoms with Crippen LogP contribution in [-0.2, 0) is 9.68 Å². The third kappa shape index (κ3) is 22.4. The van der Waals surface area contributed by atoms with E-state index >= 15 is 0 Å². The number of oxime groups is 2. The monoisotopic (exact) mass is 336 g/mol. The summed E-state index contributed by atoms with van der Waals surface area (Å²) in [7, 11) is 0. The van der Waals surface area contributed by atoms with Crippen LogP contribution in [0.5, 0.6) is 0 Å². The van der Waals surface area contributed by atoms with E-state index in [2.05, 4.69) is 27.0 Å². The second-order valence-corrected chi connectivity index (χ2v) is 4.18. The molecule has 0 fully saturated rings. The lowest BCUT2D eigenvalue weighted by atomic mass is 10.4. The SMILES string of the molecule is CC#CCO/N=C/C(C)N.CC(N)/C=N/OCCC(F)=C(F)F. The molecule has 0 heterocycles. The molecule has 0 aliphatic carbocycles. The van der Waals surface area contributed by atoms with E-state index in [-0.39, 0.29) is 18.7 Å².